The average molecular weight is 330 g/mol. The van der Waals surface area contributed by atoms with E-state index in [9.17, 15) is 13.2 Å². The molecule has 1 aliphatic rings. The summed E-state index contributed by atoms with van der Waals surface area (Å²) in [5.41, 5.74) is 5.64. The Hall–Kier alpha value is -2.35. The summed E-state index contributed by atoms with van der Waals surface area (Å²) in [5.74, 6) is 0.0132. The van der Waals surface area contributed by atoms with Crippen LogP contribution < -0.4 is 11.1 Å². The summed E-state index contributed by atoms with van der Waals surface area (Å²) in [6.07, 6.45) is -3.06. The van der Waals surface area contributed by atoms with Crippen molar-refractivity contribution < 1.29 is 13.2 Å². The van der Waals surface area contributed by atoms with E-state index in [4.69, 9.17) is 22.7 Å². The lowest BCUT2D eigenvalue weighted by molar-refractivity contribution is -0.137. The van der Waals surface area contributed by atoms with E-state index in [1.807, 2.05) is 0 Å². The molecule has 1 aromatic rings. The molecular formula is C13H11ClF3N5. The first-order chi connectivity index (χ1) is 10.2. The second-order valence-corrected chi connectivity index (χ2v) is 4.90. The van der Waals surface area contributed by atoms with Crippen molar-refractivity contribution in [1.82, 2.24) is 5.32 Å². The number of hydrogen-bond donors (Lipinski definition) is 3. The molecule has 1 aromatic carbocycles. The van der Waals surface area contributed by atoms with Gasteiger partial charge in [0.2, 0.25) is 5.96 Å². The highest BCUT2D eigenvalue weighted by Crippen LogP contribution is 2.32. The molecule has 22 heavy (non-hydrogen) atoms. The number of rotatable bonds is 2. The Balaban J connectivity index is 2.52. The van der Waals surface area contributed by atoms with Crippen LogP contribution in [0.2, 0.25) is 5.02 Å². The molecule has 1 aliphatic heterocycles. The van der Waals surface area contributed by atoms with E-state index in [-0.39, 0.29) is 28.0 Å². The largest absolute Gasteiger partial charge is 0.416 e. The van der Waals surface area contributed by atoms with Crippen LogP contribution in [0.3, 0.4) is 0 Å². The highest BCUT2D eigenvalue weighted by Gasteiger charge is 2.31. The Bertz CT molecular complexity index is 719. The van der Waals surface area contributed by atoms with Crippen molar-refractivity contribution >= 4 is 29.0 Å². The number of benzene rings is 1. The number of hydrogen-bond acceptors (Lipinski definition) is 5. The van der Waals surface area contributed by atoms with Gasteiger partial charge in [0.1, 0.15) is 5.71 Å². The highest BCUT2D eigenvalue weighted by molar-refractivity contribution is 6.36. The summed E-state index contributed by atoms with van der Waals surface area (Å²) in [6, 6.07) is 2.92. The lowest BCUT2D eigenvalue weighted by atomic mass is 10.0. The Morgan fingerprint density at radius 2 is 2.05 bits per heavy atom. The van der Waals surface area contributed by atoms with E-state index >= 15 is 0 Å². The minimum Gasteiger partial charge on any atom is -0.368 e. The smallest absolute Gasteiger partial charge is 0.368 e. The molecule has 116 valence electrons. The number of allylic oxidation sites excluding steroid dienone is 2. The van der Waals surface area contributed by atoms with Crippen LogP contribution in [-0.2, 0) is 6.18 Å². The summed E-state index contributed by atoms with van der Waals surface area (Å²) < 4.78 is 38.0. The van der Waals surface area contributed by atoms with E-state index in [0.29, 0.717) is 5.70 Å². The Kier molecular flexibility index (Phi) is 4.23. The van der Waals surface area contributed by atoms with Crippen LogP contribution in [0.5, 0.6) is 0 Å². The van der Waals surface area contributed by atoms with E-state index in [0.717, 1.165) is 12.1 Å². The van der Waals surface area contributed by atoms with Crippen molar-refractivity contribution in [3.05, 3.63) is 46.1 Å². The quantitative estimate of drug-likeness (QED) is 0.729. The molecular weight excluding hydrogens is 319 g/mol. The average Bonchev–Trinajstić information content (AvgIpc) is 2.38. The first kappa shape index (κ1) is 16.0. The third kappa shape index (κ3) is 3.45. The maximum Gasteiger partial charge on any atom is 0.416 e. The lowest BCUT2D eigenvalue weighted by Gasteiger charge is -2.17. The fourth-order valence-corrected chi connectivity index (χ4v) is 2.05. The molecule has 0 atom stereocenters. The van der Waals surface area contributed by atoms with Crippen molar-refractivity contribution in [3.63, 3.8) is 0 Å². The van der Waals surface area contributed by atoms with Gasteiger partial charge in [-0.25, -0.2) is 0 Å². The zero-order chi connectivity index (χ0) is 16.5. The van der Waals surface area contributed by atoms with Gasteiger partial charge in [0.15, 0.2) is 0 Å². The maximum absolute atomic E-state index is 12.7. The van der Waals surface area contributed by atoms with Crippen molar-refractivity contribution in [3.8, 4) is 0 Å². The van der Waals surface area contributed by atoms with E-state index in [1.165, 1.54) is 19.1 Å². The van der Waals surface area contributed by atoms with Crippen LogP contribution in [0.4, 0.5) is 13.2 Å². The van der Waals surface area contributed by atoms with Gasteiger partial charge in [0.05, 0.1) is 16.3 Å². The third-order valence-electron chi connectivity index (χ3n) is 2.69. The first-order valence-electron chi connectivity index (χ1n) is 6.01. The highest BCUT2D eigenvalue weighted by atomic mass is 35.5. The molecule has 0 fully saturated rings. The molecule has 0 bridgehead atoms. The van der Waals surface area contributed by atoms with Gasteiger partial charge in [-0.05, 0) is 25.1 Å². The van der Waals surface area contributed by atoms with E-state index in [1.54, 1.807) is 0 Å². The molecule has 0 radical (unpaired) electrons. The van der Waals surface area contributed by atoms with Gasteiger partial charge in [0, 0.05) is 11.3 Å². The molecule has 5 nitrogen and oxygen atoms in total. The number of nitrogens with one attached hydrogen (secondary N) is 2. The normalized spacial score (nSPS) is 16.9. The zero-order valence-corrected chi connectivity index (χ0v) is 12.0. The van der Waals surface area contributed by atoms with Gasteiger partial charge in [-0.3, -0.25) is 0 Å². The third-order valence-corrected chi connectivity index (χ3v) is 3.00. The summed E-state index contributed by atoms with van der Waals surface area (Å²) in [4.78, 5) is 0. The van der Waals surface area contributed by atoms with Crippen LogP contribution in [0.1, 0.15) is 18.1 Å². The second-order valence-electron chi connectivity index (χ2n) is 4.49. The van der Waals surface area contributed by atoms with Crippen molar-refractivity contribution in [2.24, 2.45) is 15.9 Å². The molecule has 0 aliphatic carbocycles. The molecule has 0 amide bonds. The number of nitrogens with two attached hydrogens (primary N) is 1. The summed E-state index contributed by atoms with van der Waals surface area (Å²) in [6.45, 7) is 1.53. The second kappa shape index (κ2) is 5.80. The molecule has 0 unspecified atom stereocenters. The topological polar surface area (TPSA) is 86.6 Å². The van der Waals surface area contributed by atoms with Crippen LogP contribution in [-0.4, -0.2) is 17.4 Å². The molecule has 0 aromatic heterocycles. The predicted molar refractivity (Wildman–Crippen MR) is 79.2 cm³/mol. The summed E-state index contributed by atoms with van der Waals surface area (Å²) in [5, 5.41) is 17.6. The first-order valence-corrected chi connectivity index (χ1v) is 6.39. The molecule has 4 N–H and O–H groups in total. The van der Waals surface area contributed by atoms with E-state index < -0.39 is 11.7 Å². The number of alkyl halides is 3. The van der Waals surface area contributed by atoms with E-state index in [2.05, 4.69) is 15.5 Å². The minimum atomic E-state index is -4.48. The van der Waals surface area contributed by atoms with Gasteiger partial charge in [-0.2, -0.15) is 13.2 Å². The van der Waals surface area contributed by atoms with Gasteiger partial charge in [-0.1, -0.05) is 17.7 Å². The number of nitrogens with zero attached hydrogens (tertiary/aromatic N) is 2. The molecule has 1 heterocycles. The molecule has 0 saturated carbocycles. The van der Waals surface area contributed by atoms with Gasteiger partial charge in [-0.15, -0.1) is 10.2 Å². The Labute approximate surface area is 128 Å². The van der Waals surface area contributed by atoms with Crippen molar-refractivity contribution in [1.29, 1.82) is 5.41 Å². The predicted octanol–water partition coefficient (Wildman–Crippen LogP) is 2.90. The maximum atomic E-state index is 12.7. The molecule has 0 saturated heterocycles. The fraction of sp³-hybridized carbons (Fsp3) is 0.154. The summed E-state index contributed by atoms with van der Waals surface area (Å²) >= 11 is 5.94. The van der Waals surface area contributed by atoms with Crippen molar-refractivity contribution in [2.45, 2.75) is 13.1 Å². The van der Waals surface area contributed by atoms with Gasteiger partial charge >= 0.3 is 6.18 Å². The number of halogens is 4. The van der Waals surface area contributed by atoms with Gasteiger partial charge in [0.25, 0.3) is 0 Å². The van der Waals surface area contributed by atoms with Crippen LogP contribution >= 0.6 is 11.6 Å². The number of guanidine groups is 1. The molecule has 2 rings (SSSR count). The standard InChI is InChI=1S/C13H11ClF3N5/c1-6(18)4-10-11(21-22-12(19)20-10)8-3-2-7(5-9(8)14)13(15,16)17/h2-5,18H,1H3,(H3,19,20,22)/b10-4-,18-6?. The Morgan fingerprint density at radius 3 is 2.59 bits per heavy atom. The Morgan fingerprint density at radius 1 is 1.36 bits per heavy atom. The fourth-order valence-electron chi connectivity index (χ4n) is 1.78. The van der Waals surface area contributed by atoms with Crippen LogP contribution in [0, 0.1) is 5.41 Å². The molecule has 9 heteroatoms. The van der Waals surface area contributed by atoms with Crippen molar-refractivity contribution in [2.75, 3.05) is 0 Å². The SMILES string of the molecule is CC(=N)/C=C1\NC(N)=NN=C1c1ccc(C(F)(F)F)cc1Cl. The lowest BCUT2D eigenvalue weighted by Crippen LogP contribution is -2.37. The van der Waals surface area contributed by atoms with Crippen LogP contribution in [0.25, 0.3) is 0 Å². The summed E-state index contributed by atoms with van der Waals surface area (Å²) in [7, 11) is 0. The zero-order valence-electron chi connectivity index (χ0n) is 11.3. The van der Waals surface area contributed by atoms with Crippen LogP contribution in [0.15, 0.2) is 40.2 Å². The van der Waals surface area contributed by atoms with Gasteiger partial charge < -0.3 is 16.5 Å². The minimum absolute atomic E-state index is 0.0132. The molecule has 0 spiro atoms. The monoisotopic (exact) mass is 329 g/mol.